The van der Waals surface area contributed by atoms with Crippen molar-refractivity contribution >= 4 is 35.3 Å². The van der Waals surface area contributed by atoms with Crippen LogP contribution in [-0.2, 0) is 6.42 Å². The van der Waals surface area contributed by atoms with Crippen LogP contribution in [0.1, 0.15) is 22.4 Å². The van der Waals surface area contributed by atoms with E-state index in [-0.39, 0.29) is 0 Å². The van der Waals surface area contributed by atoms with Gasteiger partial charge >= 0.3 is 0 Å². The minimum absolute atomic E-state index is 0.946. The van der Waals surface area contributed by atoms with Gasteiger partial charge in [-0.05, 0) is 67.0 Å². The number of rotatable bonds is 2. The molecule has 2 heteroatoms. The molecular weight excluding hydrogens is 388 g/mol. The number of aromatic nitrogens is 1. The monoisotopic (exact) mass is 412 g/mol. The van der Waals surface area contributed by atoms with Gasteiger partial charge in [-0.1, -0.05) is 66.7 Å². The first-order valence-electron chi connectivity index (χ1n) is 11.0. The minimum Gasteiger partial charge on any atom is -0.314 e. The van der Waals surface area contributed by atoms with Gasteiger partial charge in [0.05, 0.1) is 16.7 Å². The van der Waals surface area contributed by atoms with E-state index in [9.17, 15) is 0 Å². The Morgan fingerprint density at radius 1 is 0.812 bits per heavy atom. The number of nitrogens with zero attached hydrogens (tertiary/aromatic N) is 2. The Hall–Kier alpha value is -4.04. The zero-order valence-electron chi connectivity index (χ0n) is 18.1. The Morgan fingerprint density at radius 2 is 1.56 bits per heavy atom. The maximum Gasteiger partial charge on any atom is 0.0704 e. The van der Waals surface area contributed by atoms with Crippen molar-refractivity contribution in [1.82, 2.24) is 4.57 Å². The second-order valence-corrected chi connectivity index (χ2v) is 8.46. The number of fused-ring (bicyclic) bond motifs is 4. The van der Waals surface area contributed by atoms with E-state index in [0.29, 0.717) is 0 Å². The van der Waals surface area contributed by atoms with E-state index < -0.39 is 0 Å². The first kappa shape index (κ1) is 18.7. The quantitative estimate of drug-likeness (QED) is 0.408. The maximum absolute atomic E-state index is 4.48. The third-order valence-electron chi connectivity index (χ3n) is 6.40. The molecular formula is C30H24N2. The van der Waals surface area contributed by atoms with Crippen LogP contribution in [0.15, 0.2) is 91.5 Å². The predicted octanol–water partition coefficient (Wildman–Crippen LogP) is 5.74. The van der Waals surface area contributed by atoms with Crippen LogP contribution in [0.5, 0.6) is 0 Å². The van der Waals surface area contributed by atoms with Gasteiger partial charge in [-0.2, -0.15) is 0 Å². The van der Waals surface area contributed by atoms with Crippen LogP contribution < -0.4 is 15.5 Å². The van der Waals surface area contributed by atoms with E-state index in [4.69, 9.17) is 0 Å². The fourth-order valence-corrected chi connectivity index (χ4v) is 4.82. The molecule has 0 N–H and O–H groups in total. The highest BCUT2D eigenvalue weighted by Gasteiger charge is 2.21. The largest absolute Gasteiger partial charge is 0.314 e. The van der Waals surface area contributed by atoms with Crippen LogP contribution in [0.3, 0.4) is 0 Å². The van der Waals surface area contributed by atoms with Crippen molar-refractivity contribution in [1.29, 1.82) is 0 Å². The smallest absolute Gasteiger partial charge is 0.0704 e. The zero-order chi connectivity index (χ0) is 21.7. The minimum atomic E-state index is 0.946. The summed E-state index contributed by atoms with van der Waals surface area (Å²) >= 11 is 0. The third-order valence-corrected chi connectivity index (χ3v) is 6.40. The van der Waals surface area contributed by atoms with Crippen LogP contribution >= 0.6 is 0 Å². The summed E-state index contributed by atoms with van der Waals surface area (Å²) in [5.74, 6) is 0. The molecule has 2 heterocycles. The van der Waals surface area contributed by atoms with Crippen LogP contribution in [-0.4, -0.2) is 4.57 Å². The Balaban J connectivity index is 1.74. The van der Waals surface area contributed by atoms with Crippen molar-refractivity contribution in [2.75, 3.05) is 4.90 Å². The second-order valence-electron chi connectivity index (χ2n) is 8.46. The van der Waals surface area contributed by atoms with E-state index in [2.05, 4.69) is 126 Å². The molecule has 1 aliphatic carbocycles. The van der Waals surface area contributed by atoms with Gasteiger partial charge in [0.2, 0.25) is 0 Å². The standard InChI is InChI=1S/C30H24N2/c1-21-15-17-23(18-16-21)31-20-30-27(19-22(2)25-11-6-7-13-28(25)31)26-12-8-14-29(26)32(30)24-9-4-3-5-10-24/h3-11,13-20H,2,12H2,1H3/b27-19-,30-20+. The summed E-state index contributed by atoms with van der Waals surface area (Å²) in [4.78, 5) is 2.31. The first-order chi connectivity index (χ1) is 15.7. The molecule has 6 rings (SSSR count). The highest BCUT2D eigenvalue weighted by atomic mass is 15.1. The number of hydrogen-bond donors (Lipinski definition) is 0. The average molecular weight is 413 g/mol. The van der Waals surface area contributed by atoms with E-state index in [1.54, 1.807) is 0 Å². The highest BCUT2D eigenvalue weighted by Crippen LogP contribution is 2.34. The Morgan fingerprint density at radius 3 is 2.38 bits per heavy atom. The van der Waals surface area contributed by atoms with Gasteiger partial charge in [-0.3, -0.25) is 0 Å². The first-order valence-corrected chi connectivity index (χ1v) is 11.0. The highest BCUT2D eigenvalue weighted by molar-refractivity contribution is 5.96. The molecule has 3 aromatic carbocycles. The Bertz CT molecular complexity index is 1500. The van der Waals surface area contributed by atoms with Crippen molar-refractivity contribution in [3.63, 3.8) is 0 Å². The molecule has 0 saturated heterocycles. The lowest BCUT2D eigenvalue weighted by molar-refractivity contribution is 1.01. The van der Waals surface area contributed by atoms with E-state index in [1.165, 1.54) is 33.1 Å². The molecule has 0 unspecified atom stereocenters. The SMILES string of the molecule is C=C1/C=c2/c3c(n(-c4ccccc4)/c2=C/N(c2ccc(C)cc2)c2ccccc21)C=CC3. The summed E-state index contributed by atoms with van der Waals surface area (Å²) in [6.07, 6.45) is 10.0. The van der Waals surface area contributed by atoms with Crippen molar-refractivity contribution in [2.24, 2.45) is 0 Å². The second kappa shape index (κ2) is 7.28. The van der Waals surface area contributed by atoms with Crippen LogP contribution in [0, 0.1) is 6.92 Å². The van der Waals surface area contributed by atoms with Gasteiger partial charge in [0.1, 0.15) is 0 Å². The molecule has 0 saturated carbocycles. The maximum atomic E-state index is 4.48. The van der Waals surface area contributed by atoms with Gasteiger partial charge in [-0.25, -0.2) is 0 Å². The predicted molar refractivity (Wildman–Crippen MR) is 135 cm³/mol. The summed E-state index contributed by atoms with van der Waals surface area (Å²) in [5, 5.41) is 2.44. The van der Waals surface area contributed by atoms with Crippen molar-refractivity contribution in [3.8, 4) is 5.69 Å². The molecule has 0 spiro atoms. The summed E-state index contributed by atoms with van der Waals surface area (Å²) in [6, 6.07) is 27.9. The van der Waals surface area contributed by atoms with E-state index in [1.807, 2.05) is 0 Å². The number of anilines is 2. The lowest BCUT2D eigenvalue weighted by Crippen LogP contribution is -2.34. The molecule has 32 heavy (non-hydrogen) atoms. The van der Waals surface area contributed by atoms with Crippen molar-refractivity contribution < 1.29 is 0 Å². The topological polar surface area (TPSA) is 8.17 Å². The lowest BCUT2D eigenvalue weighted by Gasteiger charge is -2.25. The molecule has 1 aromatic heterocycles. The number of allylic oxidation sites excluding steroid dienone is 2. The molecule has 0 fully saturated rings. The summed E-state index contributed by atoms with van der Waals surface area (Å²) < 4.78 is 2.38. The lowest BCUT2D eigenvalue weighted by atomic mass is 10.0. The Labute approximate surface area is 188 Å². The fourth-order valence-electron chi connectivity index (χ4n) is 4.82. The van der Waals surface area contributed by atoms with Crippen LogP contribution in [0.25, 0.3) is 29.6 Å². The number of benzene rings is 3. The van der Waals surface area contributed by atoms with Crippen LogP contribution in [0.2, 0.25) is 0 Å². The van der Waals surface area contributed by atoms with Gasteiger partial charge < -0.3 is 9.47 Å². The number of aryl methyl sites for hydroxylation is 1. The summed E-state index contributed by atoms with van der Waals surface area (Å²) in [6.45, 7) is 6.61. The normalized spacial score (nSPS) is 16.2. The number of hydrogen-bond acceptors (Lipinski definition) is 1. The van der Waals surface area contributed by atoms with Crippen molar-refractivity contribution in [3.05, 3.63) is 124 Å². The molecule has 0 atom stereocenters. The molecule has 1 aliphatic heterocycles. The molecule has 2 aliphatic rings. The fraction of sp³-hybridized carbons (Fsp3) is 0.0667. The molecule has 2 nitrogen and oxygen atoms in total. The van der Waals surface area contributed by atoms with E-state index in [0.717, 1.165) is 28.9 Å². The molecule has 0 radical (unpaired) electrons. The molecule has 4 aromatic rings. The molecule has 0 amide bonds. The third kappa shape index (κ3) is 2.88. The van der Waals surface area contributed by atoms with Gasteiger partial charge in [0.15, 0.2) is 0 Å². The summed E-state index contributed by atoms with van der Waals surface area (Å²) in [7, 11) is 0. The van der Waals surface area contributed by atoms with Gasteiger partial charge in [0.25, 0.3) is 0 Å². The summed E-state index contributed by atoms with van der Waals surface area (Å²) in [5.41, 5.74) is 9.52. The van der Waals surface area contributed by atoms with Gasteiger partial charge in [0, 0.05) is 28.4 Å². The Kier molecular flexibility index (Phi) is 4.26. The molecule has 154 valence electrons. The van der Waals surface area contributed by atoms with Gasteiger partial charge in [-0.15, -0.1) is 0 Å². The van der Waals surface area contributed by atoms with E-state index >= 15 is 0 Å². The molecule has 0 bridgehead atoms. The average Bonchev–Trinajstić information content (AvgIpc) is 3.39. The number of para-hydroxylation sites is 2. The zero-order valence-corrected chi connectivity index (χ0v) is 18.1. The van der Waals surface area contributed by atoms with Crippen LogP contribution in [0.4, 0.5) is 11.4 Å². The van der Waals surface area contributed by atoms with Crippen molar-refractivity contribution in [2.45, 2.75) is 13.3 Å².